The van der Waals surface area contributed by atoms with Crippen LogP contribution < -0.4 is 0 Å². The molecule has 29 heavy (non-hydrogen) atoms. The van der Waals surface area contributed by atoms with Crippen LogP contribution in [0, 0.1) is 10.1 Å². The number of esters is 1. The fraction of sp³-hybridized carbons (Fsp3) is 0.300. The molecule has 2 rings (SSSR count). The molecule has 8 nitrogen and oxygen atoms in total. The van der Waals surface area contributed by atoms with E-state index in [4.69, 9.17) is 4.74 Å². The molecule has 0 radical (unpaired) electrons. The first-order valence-corrected chi connectivity index (χ1v) is 10.5. The molecule has 0 spiro atoms. The standard InChI is InChI=1S/C20H21NO7S/c1-20(2,3)15-8-5-13(6-9-15)17(22)12-28-19(23)14-7-10-18(29(4,26)27)16(11-14)21(24)25/h5-11H,12H2,1-4H3. The molecule has 0 saturated carbocycles. The zero-order valence-electron chi connectivity index (χ0n) is 16.5. The summed E-state index contributed by atoms with van der Waals surface area (Å²) in [6, 6.07) is 9.82. The van der Waals surface area contributed by atoms with Gasteiger partial charge in [0.15, 0.2) is 22.2 Å². The Morgan fingerprint density at radius 2 is 1.59 bits per heavy atom. The highest BCUT2D eigenvalue weighted by atomic mass is 32.2. The lowest BCUT2D eigenvalue weighted by Gasteiger charge is -2.18. The van der Waals surface area contributed by atoms with E-state index in [0.29, 0.717) is 5.56 Å². The van der Waals surface area contributed by atoms with Crippen LogP contribution in [0.3, 0.4) is 0 Å². The summed E-state index contributed by atoms with van der Waals surface area (Å²) in [6.07, 6.45) is 0.830. The van der Waals surface area contributed by atoms with Gasteiger partial charge in [-0.15, -0.1) is 0 Å². The van der Waals surface area contributed by atoms with Crippen molar-refractivity contribution in [1.29, 1.82) is 0 Å². The monoisotopic (exact) mass is 419 g/mol. The van der Waals surface area contributed by atoms with Crippen LogP contribution in [0.2, 0.25) is 0 Å². The third-order valence-electron chi connectivity index (χ3n) is 4.20. The van der Waals surface area contributed by atoms with Crippen molar-refractivity contribution in [2.45, 2.75) is 31.1 Å². The van der Waals surface area contributed by atoms with Gasteiger partial charge in [0, 0.05) is 17.9 Å². The van der Waals surface area contributed by atoms with E-state index in [2.05, 4.69) is 0 Å². The third kappa shape index (κ3) is 5.47. The minimum absolute atomic E-state index is 0.0686. The number of sulfone groups is 1. The molecule has 0 atom stereocenters. The second kappa shape index (κ2) is 8.12. The first-order chi connectivity index (χ1) is 13.3. The molecule has 2 aromatic carbocycles. The number of carbonyl (C=O) groups excluding carboxylic acids is 2. The molecule has 0 saturated heterocycles. The Labute approximate surface area is 168 Å². The van der Waals surface area contributed by atoms with Gasteiger partial charge < -0.3 is 4.74 Å². The smallest absolute Gasteiger partial charge is 0.338 e. The normalized spacial score (nSPS) is 11.7. The topological polar surface area (TPSA) is 121 Å². The maximum Gasteiger partial charge on any atom is 0.338 e. The highest BCUT2D eigenvalue weighted by molar-refractivity contribution is 7.90. The van der Waals surface area contributed by atoms with Gasteiger partial charge in [0.1, 0.15) is 4.90 Å². The molecule has 0 aliphatic rings. The van der Waals surface area contributed by atoms with Crippen molar-refractivity contribution in [3.63, 3.8) is 0 Å². The number of Topliss-reactive ketones (excluding diaryl/α,β-unsaturated/α-hetero) is 1. The van der Waals surface area contributed by atoms with Gasteiger partial charge in [0.05, 0.1) is 10.5 Å². The van der Waals surface area contributed by atoms with Crippen molar-refractivity contribution >= 4 is 27.3 Å². The van der Waals surface area contributed by atoms with Crippen LogP contribution >= 0.6 is 0 Å². The molecule has 0 aliphatic heterocycles. The van der Waals surface area contributed by atoms with Crippen molar-refractivity contribution < 1.29 is 27.7 Å². The van der Waals surface area contributed by atoms with E-state index in [1.165, 1.54) is 0 Å². The predicted octanol–water partition coefficient (Wildman–Crippen LogP) is 3.34. The van der Waals surface area contributed by atoms with E-state index >= 15 is 0 Å². The first-order valence-electron chi connectivity index (χ1n) is 8.60. The Balaban J connectivity index is 2.14. The molecule has 9 heteroatoms. The number of nitrogens with zero attached hydrogens (tertiary/aromatic N) is 1. The van der Waals surface area contributed by atoms with Crippen LogP contribution in [0.25, 0.3) is 0 Å². The molecule has 0 aromatic heterocycles. The molecule has 0 heterocycles. The van der Waals surface area contributed by atoms with Gasteiger partial charge in [-0.2, -0.15) is 0 Å². The zero-order chi connectivity index (χ0) is 22.0. The van der Waals surface area contributed by atoms with Gasteiger partial charge >= 0.3 is 5.97 Å². The molecule has 2 aromatic rings. The maximum atomic E-state index is 12.2. The van der Waals surface area contributed by atoms with Crippen molar-refractivity contribution in [2.24, 2.45) is 0 Å². The Morgan fingerprint density at radius 1 is 1.03 bits per heavy atom. The van der Waals surface area contributed by atoms with Gasteiger partial charge in [0.25, 0.3) is 5.69 Å². The van der Waals surface area contributed by atoms with E-state index in [1.54, 1.807) is 12.1 Å². The van der Waals surface area contributed by atoms with Crippen LogP contribution in [0.5, 0.6) is 0 Å². The minimum atomic E-state index is -3.84. The summed E-state index contributed by atoms with van der Waals surface area (Å²) in [5, 5.41) is 11.1. The van der Waals surface area contributed by atoms with Crippen molar-refractivity contribution in [1.82, 2.24) is 0 Å². The van der Waals surface area contributed by atoms with Gasteiger partial charge in [-0.3, -0.25) is 14.9 Å². The molecule has 0 unspecified atom stereocenters. The number of ketones is 1. The fourth-order valence-electron chi connectivity index (χ4n) is 2.55. The number of hydrogen-bond donors (Lipinski definition) is 0. The van der Waals surface area contributed by atoms with Crippen LogP contribution in [0.4, 0.5) is 5.69 Å². The van der Waals surface area contributed by atoms with Crippen LogP contribution in [-0.4, -0.2) is 38.0 Å². The minimum Gasteiger partial charge on any atom is -0.454 e. The third-order valence-corrected chi connectivity index (χ3v) is 5.34. The fourth-order valence-corrected chi connectivity index (χ4v) is 3.38. The number of nitro benzene ring substituents is 1. The van der Waals surface area contributed by atoms with E-state index in [0.717, 1.165) is 30.0 Å². The Hall–Kier alpha value is -3.07. The molecule has 0 bridgehead atoms. The molecule has 154 valence electrons. The SMILES string of the molecule is CC(C)(C)c1ccc(C(=O)COC(=O)c2ccc(S(C)(=O)=O)c([N+](=O)[O-])c2)cc1. The molecule has 0 amide bonds. The number of nitro groups is 1. The number of benzene rings is 2. The molecular weight excluding hydrogens is 398 g/mol. The Morgan fingerprint density at radius 3 is 2.07 bits per heavy atom. The van der Waals surface area contributed by atoms with Gasteiger partial charge in [-0.1, -0.05) is 45.0 Å². The summed E-state index contributed by atoms with van der Waals surface area (Å²) < 4.78 is 28.2. The molecule has 0 aliphatic carbocycles. The van der Waals surface area contributed by atoms with Gasteiger partial charge in [-0.05, 0) is 23.1 Å². The molecular formula is C20H21NO7S. The van der Waals surface area contributed by atoms with E-state index < -0.39 is 43.7 Å². The summed E-state index contributed by atoms with van der Waals surface area (Å²) >= 11 is 0. The van der Waals surface area contributed by atoms with Crippen LogP contribution in [0.15, 0.2) is 47.4 Å². The predicted molar refractivity (Wildman–Crippen MR) is 106 cm³/mol. The highest BCUT2D eigenvalue weighted by Crippen LogP contribution is 2.25. The molecule has 0 N–H and O–H groups in total. The number of rotatable bonds is 6. The van der Waals surface area contributed by atoms with Crippen molar-refractivity contribution in [2.75, 3.05) is 12.9 Å². The largest absolute Gasteiger partial charge is 0.454 e. The Bertz CT molecular complexity index is 1060. The number of carbonyl (C=O) groups is 2. The average molecular weight is 419 g/mol. The lowest BCUT2D eigenvalue weighted by Crippen LogP contribution is -2.16. The first kappa shape index (κ1) is 22.2. The maximum absolute atomic E-state index is 12.2. The highest BCUT2D eigenvalue weighted by Gasteiger charge is 2.25. The summed E-state index contributed by atoms with van der Waals surface area (Å²) in [6.45, 7) is 5.58. The summed E-state index contributed by atoms with van der Waals surface area (Å²) in [5.74, 6) is -1.39. The number of ether oxygens (including phenoxy) is 1. The summed E-state index contributed by atoms with van der Waals surface area (Å²) in [5.41, 5.74) is 0.389. The van der Waals surface area contributed by atoms with E-state index in [1.807, 2.05) is 32.9 Å². The zero-order valence-corrected chi connectivity index (χ0v) is 17.3. The second-order valence-corrected chi connectivity index (χ2v) is 9.52. The van der Waals surface area contributed by atoms with Crippen LogP contribution in [0.1, 0.15) is 47.1 Å². The lowest BCUT2D eigenvalue weighted by molar-refractivity contribution is -0.387. The van der Waals surface area contributed by atoms with Gasteiger partial charge in [-0.25, -0.2) is 13.2 Å². The molecule has 0 fully saturated rings. The number of hydrogen-bond acceptors (Lipinski definition) is 7. The van der Waals surface area contributed by atoms with Gasteiger partial charge in [0.2, 0.25) is 0 Å². The van der Waals surface area contributed by atoms with Crippen molar-refractivity contribution in [3.05, 3.63) is 69.3 Å². The Kier molecular flexibility index (Phi) is 6.22. The van der Waals surface area contributed by atoms with Crippen molar-refractivity contribution in [3.8, 4) is 0 Å². The summed E-state index contributed by atoms with van der Waals surface area (Å²) in [4.78, 5) is 34.1. The average Bonchev–Trinajstić information content (AvgIpc) is 2.64. The van der Waals surface area contributed by atoms with E-state index in [-0.39, 0.29) is 11.0 Å². The lowest BCUT2D eigenvalue weighted by atomic mass is 9.86. The quantitative estimate of drug-likeness (QED) is 0.305. The van der Waals surface area contributed by atoms with E-state index in [9.17, 15) is 28.1 Å². The summed E-state index contributed by atoms with van der Waals surface area (Å²) in [7, 11) is -3.84. The second-order valence-electron chi connectivity index (χ2n) is 7.54. The van der Waals surface area contributed by atoms with Crippen LogP contribution in [-0.2, 0) is 20.0 Å².